The minimum Gasteiger partial charge on any atom is -0.504 e. The Morgan fingerprint density at radius 1 is 0.727 bits per heavy atom. The molecule has 44 heavy (non-hydrogen) atoms. The number of phenols is 1. The van der Waals surface area contributed by atoms with Crippen molar-refractivity contribution >= 4 is 0 Å². The number of aromatic hydroxyl groups is 1. The second-order valence-electron chi connectivity index (χ2n) is 13.8. The highest BCUT2D eigenvalue weighted by Crippen LogP contribution is 2.63. The van der Waals surface area contributed by atoms with Crippen LogP contribution < -0.4 is 9.47 Å². The van der Waals surface area contributed by atoms with Gasteiger partial charge in [0.15, 0.2) is 23.7 Å². The van der Waals surface area contributed by atoms with Gasteiger partial charge in [-0.1, -0.05) is 30.4 Å². The van der Waals surface area contributed by atoms with Gasteiger partial charge < -0.3 is 24.1 Å². The number of methoxy groups -OCH3 is 2. The van der Waals surface area contributed by atoms with Crippen LogP contribution in [0.25, 0.3) is 0 Å². The molecule has 8 aliphatic rings. The van der Waals surface area contributed by atoms with E-state index in [1.165, 1.54) is 39.0 Å². The van der Waals surface area contributed by atoms with Crippen LogP contribution in [0.15, 0.2) is 71.2 Å². The number of allylic oxidation sites excluding steroid dienone is 4. The maximum Gasteiger partial charge on any atom is 0.169 e. The van der Waals surface area contributed by atoms with Crippen molar-refractivity contribution < 1.29 is 24.1 Å². The molecule has 0 amide bonds. The first-order chi connectivity index (χ1) is 21.3. The van der Waals surface area contributed by atoms with Crippen LogP contribution in [0.2, 0.25) is 0 Å². The third-order valence-corrected chi connectivity index (χ3v) is 12.1. The van der Waals surface area contributed by atoms with Gasteiger partial charge in [0.2, 0.25) is 0 Å². The Bertz CT molecular complexity index is 1630. The molecule has 228 valence electrons. The van der Waals surface area contributed by atoms with Crippen molar-refractivity contribution in [2.45, 2.75) is 67.7 Å². The Hall–Kier alpha value is -3.68. The van der Waals surface area contributed by atoms with E-state index in [4.69, 9.17) is 18.9 Å². The summed E-state index contributed by atoms with van der Waals surface area (Å²) in [4.78, 5) is 4.94. The number of phenolic OH excluding ortho intramolecular Hbond substituents is 1. The van der Waals surface area contributed by atoms with Crippen LogP contribution >= 0.6 is 0 Å². The maximum atomic E-state index is 10.3. The van der Waals surface area contributed by atoms with E-state index in [1.54, 1.807) is 20.3 Å². The first-order valence-electron chi connectivity index (χ1n) is 16.0. The van der Waals surface area contributed by atoms with Crippen LogP contribution in [0.3, 0.4) is 0 Å². The lowest BCUT2D eigenvalue weighted by Gasteiger charge is -2.52. The van der Waals surface area contributed by atoms with Crippen LogP contribution in [0, 0.1) is 6.92 Å². The van der Waals surface area contributed by atoms with E-state index >= 15 is 0 Å². The molecule has 4 aliphatic heterocycles. The molecule has 0 unspecified atom stereocenters. The Kier molecular flexibility index (Phi) is 5.43. The predicted molar refractivity (Wildman–Crippen MR) is 167 cm³/mol. The monoisotopic (exact) mass is 592 g/mol. The number of likely N-dealkylation sites (N-methyl/N-ethyl adjacent to an activating group) is 2. The number of hydrogen-bond donors (Lipinski definition) is 1. The second kappa shape index (κ2) is 8.95. The molecule has 4 aliphatic carbocycles. The average molecular weight is 593 g/mol. The van der Waals surface area contributed by atoms with E-state index in [2.05, 4.69) is 67.2 Å². The summed E-state index contributed by atoms with van der Waals surface area (Å²) in [6, 6.07) is 9.27. The minimum absolute atomic E-state index is 0.00616. The fraction of sp³-hybridized carbons (Fsp3) is 0.459. The molecule has 2 aromatic rings. The van der Waals surface area contributed by atoms with Gasteiger partial charge in [-0.3, -0.25) is 9.80 Å². The number of piperidine rings is 2. The summed E-state index contributed by atoms with van der Waals surface area (Å²) in [5.41, 5.74) is 9.48. The van der Waals surface area contributed by atoms with Gasteiger partial charge >= 0.3 is 0 Å². The standard InChI is InChI=1S/C19H21NO2.C18H19NO3/c1-11-4-5-12-10-14-13-6-7-15(21-3)18-19(13,8-9-20(14)2)16(12)17(11)22-18;1-19-8-7-18-11-4-6-14(21-2)17(18)22-16-13(20)5-3-10(15(16)18)9-12(11)19/h4-7,14,18H,8-10H2,1-3H3;3-6,12,17,20H,7-9H2,1-2H3/t14-,18+,19+;12-,17+,18+/m11/s1. The van der Waals surface area contributed by atoms with Gasteiger partial charge in [0.05, 0.1) is 25.0 Å². The summed E-state index contributed by atoms with van der Waals surface area (Å²) in [5, 5.41) is 10.3. The molecular weight excluding hydrogens is 552 g/mol. The van der Waals surface area contributed by atoms with Crippen molar-refractivity contribution in [2.24, 2.45) is 0 Å². The van der Waals surface area contributed by atoms with Gasteiger partial charge in [-0.05, 0) is 106 Å². The zero-order chi connectivity index (χ0) is 30.1. The topological polar surface area (TPSA) is 63.6 Å². The van der Waals surface area contributed by atoms with E-state index in [9.17, 15) is 5.11 Å². The Labute approximate surface area is 259 Å². The molecule has 2 aromatic carbocycles. The molecule has 10 rings (SSSR count). The van der Waals surface area contributed by atoms with Crippen molar-refractivity contribution in [3.8, 4) is 17.2 Å². The number of hydrogen-bond acceptors (Lipinski definition) is 7. The molecule has 1 N–H and O–H groups in total. The Morgan fingerprint density at radius 3 is 1.77 bits per heavy atom. The molecule has 0 aromatic heterocycles. The van der Waals surface area contributed by atoms with Crippen LogP contribution in [0.1, 0.15) is 40.7 Å². The fourth-order valence-electron chi connectivity index (χ4n) is 10.0. The fourth-order valence-corrected chi connectivity index (χ4v) is 10.0. The highest BCUT2D eigenvalue weighted by Gasteiger charge is 2.63. The Morgan fingerprint density at radius 2 is 1.23 bits per heavy atom. The predicted octanol–water partition coefficient (Wildman–Crippen LogP) is 4.85. The van der Waals surface area contributed by atoms with Crippen LogP contribution in [-0.4, -0.2) is 80.6 Å². The lowest BCUT2D eigenvalue weighted by Crippen LogP contribution is -2.58. The number of rotatable bonds is 2. The summed E-state index contributed by atoms with van der Waals surface area (Å²) < 4.78 is 24.0. The molecule has 0 saturated carbocycles. The van der Waals surface area contributed by atoms with Crippen molar-refractivity contribution in [3.05, 3.63) is 99.1 Å². The highest BCUT2D eigenvalue weighted by atomic mass is 16.5. The summed E-state index contributed by atoms with van der Waals surface area (Å²) >= 11 is 0. The molecule has 2 spiro atoms. The first kappa shape index (κ1) is 26.7. The van der Waals surface area contributed by atoms with Gasteiger partial charge in [0.25, 0.3) is 0 Å². The largest absolute Gasteiger partial charge is 0.504 e. The van der Waals surface area contributed by atoms with Gasteiger partial charge in [-0.15, -0.1) is 0 Å². The molecule has 0 radical (unpaired) electrons. The number of likely N-dealkylation sites (tertiary alicyclic amines) is 2. The summed E-state index contributed by atoms with van der Waals surface area (Å²) in [5.74, 6) is 3.85. The van der Waals surface area contributed by atoms with Gasteiger partial charge in [0.1, 0.15) is 17.3 Å². The summed E-state index contributed by atoms with van der Waals surface area (Å²) in [6.45, 7) is 4.31. The van der Waals surface area contributed by atoms with Crippen molar-refractivity contribution in [2.75, 3.05) is 41.4 Å². The van der Waals surface area contributed by atoms with E-state index in [-0.39, 0.29) is 28.8 Å². The van der Waals surface area contributed by atoms with E-state index in [0.717, 1.165) is 56.0 Å². The quantitative estimate of drug-likeness (QED) is 0.535. The number of nitrogens with zero attached hydrogens (tertiary/aromatic N) is 2. The third kappa shape index (κ3) is 3.05. The van der Waals surface area contributed by atoms with Crippen molar-refractivity contribution in [3.63, 3.8) is 0 Å². The van der Waals surface area contributed by atoms with Crippen LogP contribution in [0.4, 0.5) is 0 Å². The number of aryl methyl sites for hydroxylation is 1. The molecule has 6 atom stereocenters. The summed E-state index contributed by atoms with van der Waals surface area (Å²) in [7, 11) is 7.91. The van der Waals surface area contributed by atoms with Crippen LogP contribution in [-0.2, 0) is 33.1 Å². The van der Waals surface area contributed by atoms with E-state index < -0.39 is 0 Å². The second-order valence-corrected chi connectivity index (χ2v) is 13.8. The zero-order valence-corrected chi connectivity index (χ0v) is 26.1. The first-order valence-corrected chi connectivity index (χ1v) is 16.0. The van der Waals surface area contributed by atoms with Crippen LogP contribution in [0.5, 0.6) is 17.2 Å². The molecular formula is C37H40N2O5. The molecule has 7 heteroatoms. The van der Waals surface area contributed by atoms with Gasteiger partial charge in [0, 0.05) is 23.2 Å². The van der Waals surface area contributed by atoms with Gasteiger partial charge in [-0.25, -0.2) is 0 Å². The Balaban J connectivity index is 0.000000123. The van der Waals surface area contributed by atoms with Crippen molar-refractivity contribution in [1.82, 2.24) is 9.80 Å². The van der Waals surface area contributed by atoms with E-state index in [0.29, 0.717) is 17.8 Å². The number of benzene rings is 2. The minimum atomic E-state index is -0.154. The third-order valence-electron chi connectivity index (χ3n) is 12.1. The lowest BCUT2D eigenvalue weighted by atomic mass is 9.57. The lowest BCUT2D eigenvalue weighted by molar-refractivity contribution is 0.0735. The number of ether oxygens (including phenoxy) is 4. The summed E-state index contributed by atoms with van der Waals surface area (Å²) in [6.07, 6.45) is 12.8. The SMILES string of the molecule is COC1=CC=C2[C@H]3Cc4ccc(C)c5c4[C@@]2(CCN3C)[C@H]1O5.COC1=CC=C2[C@H]3Cc4ccc(O)c5c4[C@@]2(CCN3C)[C@H]1O5. The zero-order valence-electron chi connectivity index (χ0n) is 26.1. The maximum absolute atomic E-state index is 10.3. The normalized spacial score (nSPS) is 34.5. The van der Waals surface area contributed by atoms with Crippen molar-refractivity contribution in [1.29, 1.82) is 0 Å². The van der Waals surface area contributed by atoms with Gasteiger partial charge in [-0.2, -0.15) is 0 Å². The molecule has 7 nitrogen and oxygen atoms in total. The highest BCUT2D eigenvalue weighted by molar-refractivity contribution is 5.68. The average Bonchev–Trinajstić information content (AvgIpc) is 3.57. The molecule has 4 bridgehead atoms. The van der Waals surface area contributed by atoms with E-state index in [1.807, 2.05) is 6.08 Å². The molecule has 2 saturated heterocycles. The smallest absolute Gasteiger partial charge is 0.169 e. The molecule has 2 fully saturated rings. The molecule has 4 heterocycles.